The minimum Gasteiger partial charge on any atom is -0.390 e. The van der Waals surface area contributed by atoms with E-state index in [9.17, 15) is 10.1 Å². The first-order chi connectivity index (χ1) is 8.06. The van der Waals surface area contributed by atoms with E-state index in [2.05, 4.69) is 16.1 Å². The summed E-state index contributed by atoms with van der Waals surface area (Å²) in [6.45, 7) is 4.53. The van der Waals surface area contributed by atoms with Gasteiger partial charge < -0.3 is 10.1 Å². The molecule has 0 aliphatic carbocycles. The fraction of sp³-hybridized carbons (Fsp3) is 0.273. The van der Waals surface area contributed by atoms with Crippen LogP contribution in [-0.4, -0.2) is 19.7 Å². The van der Waals surface area contributed by atoms with Crippen LogP contribution in [0.4, 0.5) is 5.95 Å². The summed E-state index contributed by atoms with van der Waals surface area (Å²) >= 11 is 0. The Hall–Kier alpha value is -2.24. The number of rotatable bonds is 3. The highest BCUT2D eigenvalue weighted by molar-refractivity contribution is 5.30. The molecule has 6 heteroatoms. The summed E-state index contributed by atoms with van der Waals surface area (Å²) in [4.78, 5) is 13.5. The lowest BCUT2D eigenvalue weighted by Crippen LogP contribution is -2.03. The smallest absolute Gasteiger partial charge is 0.390 e. The molecule has 0 saturated carbocycles. The molecule has 17 heavy (non-hydrogen) atoms. The highest BCUT2D eigenvalue weighted by Crippen LogP contribution is 2.12. The molecular formula is C11H12N4O2. The van der Waals surface area contributed by atoms with Gasteiger partial charge in [-0.25, -0.2) is 0 Å². The number of nitro groups is 1. The Balaban J connectivity index is 2.22. The van der Waals surface area contributed by atoms with E-state index in [4.69, 9.17) is 0 Å². The highest BCUT2D eigenvalue weighted by Gasteiger charge is 2.13. The lowest BCUT2D eigenvalue weighted by Gasteiger charge is -2.04. The van der Waals surface area contributed by atoms with Crippen molar-refractivity contribution in [3.8, 4) is 0 Å². The monoisotopic (exact) mass is 232 g/mol. The average Bonchev–Trinajstić information content (AvgIpc) is 2.71. The predicted octanol–water partition coefficient (Wildman–Crippen LogP) is 1.85. The number of nitrogens with zero attached hydrogens (tertiary/aromatic N) is 4. The second-order valence-electron chi connectivity index (χ2n) is 3.93. The molecule has 0 atom stereocenters. The number of aryl methyl sites for hydroxylation is 2. The van der Waals surface area contributed by atoms with Crippen molar-refractivity contribution in [1.82, 2.24) is 14.8 Å². The molecule has 0 spiro atoms. The Morgan fingerprint density at radius 2 is 2.18 bits per heavy atom. The third-order valence-corrected chi connectivity index (χ3v) is 2.52. The minimum absolute atomic E-state index is 0.366. The van der Waals surface area contributed by atoms with Crippen molar-refractivity contribution in [3.63, 3.8) is 0 Å². The molecule has 0 radical (unpaired) electrons. The maximum atomic E-state index is 10.4. The van der Waals surface area contributed by atoms with Gasteiger partial charge in [-0.3, -0.25) is 0 Å². The van der Waals surface area contributed by atoms with E-state index >= 15 is 0 Å². The standard InChI is InChI=1S/C11H12N4O2/c1-8-3-4-10(9(2)5-8)6-14-7-12-11(13-14)15(16)17/h3-5,7H,6H2,1-2H3. The van der Waals surface area contributed by atoms with Crippen molar-refractivity contribution in [3.05, 3.63) is 51.3 Å². The SMILES string of the molecule is Cc1ccc(Cn2cnc([N+](=O)[O-])n2)c(C)c1. The van der Waals surface area contributed by atoms with Crippen molar-refractivity contribution in [2.24, 2.45) is 0 Å². The number of benzene rings is 1. The van der Waals surface area contributed by atoms with Crippen LogP contribution in [0.2, 0.25) is 0 Å². The summed E-state index contributed by atoms with van der Waals surface area (Å²) in [5.41, 5.74) is 3.41. The van der Waals surface area contributed by atoms with Gasteiger partial charge in [0.05, 0.1) is 6.54 Å². The molecule has 0 N–H and O–H groups in total. The summed E-state index contributed by atoms with van der Waals surface area (Å²) in [5, 5.41) is 14.2. The van der Waals surface area contributed by atoms with Crippen LogP contribution in [0.3, 0.4) is 0 Å². The first-order valence-corrected chi connectivity index (χ1v) is 5.16. The molecule has 0 aliphatic heterocycles. The predicted molar refractivity (Wildman–Crippen MR) is 61.7 cm³/mol. The van der Waals surface area contributed by atoms with Crippen LogP contribution in [0.25, 0.3) is 0 Å². The van der Waals surface area contributed by atoms with E-state index in [1.54, 1.807) is 0 Å². The van der Waals surface area contributed by atoms with Crippen LogP contribution >= 0.6 is 0 Å². The molecule has 2 aromatic rings. The van der Waals surface area contributed by atoms with Gasteiger partial charge in [0.2, 0.25) is 6.33 Å². The largest absolute Gasteiger partial charge is 0.490 e. The summed E-state index contributed by atoms with van der Waals surface area (Å²) in [6, 6.07) is 6.08. The van der Waals surface area contributed by atoms with Crippen molar-refractivity contribution in [2.45, 2.75) is 20.4 Å². The van der Waals surface area contributed by atoms with Gasteiger partial charge in [-0.15, -0.1) is 0 Å². The topological polar surface area (TPSA) is 73.8 Å². The van der Waals surface area contributed by atoms with Gasteiger partial charge in [-0.1, -0.05) is 28.7 Å². The zero-order valence-electron chi connectivity index (χ0n) is 9.62. The van der Waals surface area contributed by atoms with Crippen LogP contribution < -0.4 is 0 Å². The maximum absolute atomic E-state index is 10.4. The van der Waals surface area contributed by atoms with E-state index < -0.39 is 4.92 Å². The van der Waals surface area contributed by atoms with Crippen molar-refractivity contribution < 1.29 is 4.92 Å². The molecule has 6 nitrogen and oxygen atoms in total. The minimum atomic E-state index is -0.599. The van der Waals surface area contributed by atoms with Crippen LogP contribution in [0.15, 0.2) is 24.5 Å². The molecule has 0 fully saturated rings. The van der Waals surface area contributed by atoms with Crippen molar-refractivity contribution in [2.75, 3.05) is 0 Å². The molecule has 1 aromatic carbocycles. The lowest BCUT2D eigenvalue weighted by atomic mass is 10.1. The van der Waals surface area contributed by atoms with Gasteiger partial charge >= 0.3 is 5.95 Å². The molecule has 1 heterocycles. The van der Waals surface area contributed by atoms with Crippen LogP contribution in [0, 0.1) is 24.0 Å². The average molecular weight is 232 g/mol. The molecule has 88 valence electrons. The Morgan fingerprint density at radius 3 is 2.76 bits per heavy atom. The van der Waals surface area contributed by atoms with Crippen LogP contribution in [0.5, 0.6) is 0 Å². The summed E-state index contributed by atoms with van der Waals surface area (Å²) in [7, 11) is 0. The summed E-state index contributed by atoms with van der Waals surface area (Å²) < 4.78 is 1.47. The highest BCUT2D eigenvalue weighted by atomic mass is 16.6. The van der Waals surface area contributed by atoms with Crippen molar-refractivity contribution in [1.29, 1.82) is 0 Å². The number of aromatic nitrogens is 3. The second kappa shape index (κ2) is 4.32. The Labute approximate surface area is 98.1 Å². The quantitative estimate of drug-likeness (QED) is 0.598. The van der Waals surface area contributed by atoms with E-state index in [1.807, 2.05) is 26.0 Å². The van der Waals surface area contributed by atoms with E-state index in [0.29, 0.717) is 6.54 Å². The van der Waals surface area contributed by atoms with Gasteiger partial charge in [0.1, 0.15) is 0 Å². The molecule has 0 amide bonds. The maximum Gasteiger partial charge on any atom is 0.490 e. The van der Waals surface area contributed by atoms with E-state index in [0.717, 1.165) is 11.1 Å². The van der Waals surface area contributed by atoms with E-state index in [-0.39, 0.29) is 5.95 Å². The molecule has 0 aliphatic rings. The fourth-order valence-corrected chi connectivity index (χ4v) is 1.64. The fourth-order valence-electron chi connectivity index (χ4n) is 1.64. The first kappa shape index (κ1) is 11.3. The summed E-state index contributed by atoms with van der Waals surface area (Å²) in [6.07, 6.45) is 1.37. The second-order valence-corrected chi connectivity index (χ2v) is 3.93. The van der Waals surface area contributed by atoms with Gasteiger partial charge in [0.15, 0.2) is 0 Å². The third-order valence-electron chi connectivity index (χ3n) is 2.52. The zero-order chi connectivity index (χ0) is 12.4. The molecule has 0 bridgehead atoms. The molecule has 0 unspecified atom stereocenters. The Bertz CT molecular complexity index is 562. The van der Waals surface area contributed by atoms with Gasteiger partial charge in [-0.2, -0.15) is 4.68 Å². The lowest BCUT2D eigenvalue weighted by molar-refractivity contribution is -0.394. The Kier molecular flexibility index (Phi) is 2.86. The molecular weight excluding hydrogens is 220 g/mol. The molecule has 0 saturated heterocycles. The zero-order valence-corrected chi connectivity index (χ0v) is 9.62. The normalized spacial score (nSPS) is 10.5. The molecule has 2 rings (SSSR count). The molecule has 1 aromatic heterocycles. The van der Waals surface area contributed by atoms with Gasteiger partial charge in [0, 0.05) is 5.10 Å². The van der Waals surface area contributed by atoms with Gasteiger partial charge in [0.25, 0.3) is 0 Å². The number of hydrogen-bond donors (Lipinski definition) is 0. The van der Waals surface area contributed by atoms with E-state index in [1.165, 1.54) is 16.6 Å². The Morgan fingerprint density at radius 1 is 1.41 bits per heavy atom. The first-order valence-electron chi connectivity index (χ1n) is 5.16. The van der Waals surface area contributed by atoms with Gasteiger partial charge in [-0.05, 0) is 29.9 Å². The number of hydrogen-bond acceptors (Lipinski definition) is 4. The van der Waals surface area contributed by atoms with Crippen LogP contribution in [-0.2, 0) is 6.54 Å². The third kappa shape index (κ3) is 2.47. The van der Waals surface area contributed by atoms with Crippen LogP contribution in [0.1, 0.15) is 16.7 Å². The summed E-state index contributed by atoms with van der Waals surface area (Å²) in [5.74, 6) is -0.366. The van der Waals surface area contributed by atoms with Crippen molar-refractivity contribution >= 4 is 5.95 Å².